The van der Waals surface area contributed by atoms with Crippen molar-refractivity contribution < 1.29 is 37.3 Å². The maximum atomic E-state index is 13.6. The number of nitrogens with one attached hydrogen (secondary N) is 1. The first-order chi connectivity index (χ1) is 44.4. The molecule has 0 rings (SSSR count). The quantitative estimate of drug-likeness (QED) is 0.0212. The predicted molar refractivity (Wildman–Crippen MR) is 395 cm³/mol. The van der Waals surface area contributed by atoms with Gasteiger partial charge in [0.2, 0.25) is 5.91 Å². The molecule has 1 N–H and O–H groups in total. The summed E-state index contributed by atoms with van der Waals surface area (Å²) in [5.41, 5.74) is 0. The number of unbranched alkanes of at least 4 members (excludes halogenated alkanes) is 43. The second-order valence-electron chi connectivity index (χ2n) is 27.5. The number of likely N-dealkylation sites (N-methyl/N-ethyl adjacent to an activating group) is 1. The Morgan fingerprint density at radius 1 is 0.385 bits per heavy atom. The van der Waals surface area contributed by atoms with E-state index < -0.39 is 20.0 Å². The molecule has 0 aliphatic rings. The van der Waals surface area contributed by atoms with Gasteiger partial charge in [-0.15, -0.1) is 0 Å². The molecule has 9 nitrogen and oxygen atoms in total. The Labute approximate surface area is 565 Å². The van der Waals surface area contributed by atoms with E-state index in [2.05, 4.69) is 99.0 Å². The van der Waals surface area contributed by atoms with Gasteiger partial charge in [-0.05, 0) is 109 Å². The number of esters is 1. The van der Waals surface area contributed by atoms with Gasteiger partial charge in [-0.1, -0.05) is 331 Å². The fourth-order valence-electron chi connectivity index (χ4n) is 11.3. The molecule has 0 aromatic carbocycles. The number of carbonyl (C=O) groups excluding carboxylic acids is 2. The fourth-order valence-corrected chi connectivity index (χ4v) is 12.0. The van der Waals surface area contributed by atoms with E-state index >= 15 is 0 Å². The minimum Gasteiger partial charge on any atom is -0.756 e. The van der Waals surface area contributed by atoms with Crippen molar-refractivity contribution >= 4 is 19.7 Å². The summed E-state index contributed by atoms with van der Waals surface area (Å²) in [5.74, 6) is -0.533. The first-order valence-corrected chi connectivity index (χ1v) is 40.4. The lowest BCUT2D eigenvalue weighted by atomic mass is 10.0. The van der Waals surface area contributed by atoms with Gasteiger partial charge < -0.3 is 28.5 Å². The highest BCUT2D eigenvalue weighted by atomic mass is 31.2. The average Bonchev–Trinajstić information content (AvgIpc) is 3.03. The van der Waals surface area contributed by atoms with Crippen LogP contribution in [0.1, 0.15) is 367 Å². The largest absolute Gasteiger partial charge is 0.756 e. The summed E-state index contributed by atoms with van der Waals surface area (Å²) in [6, 6.07) is -0.893. The summed E-state index contributed by atoms with van der Waals surface area (Å²) in [5, 5.41) is 3.05. The summed E-state index contributed by atoms with van der Waals surface area (Å²) in [6.07, 6.45) is 94.4. The third-order valence-corrected chi connectivity index (χ3v) is 18.3. The van der Waals surface area contributed by atoms with Crippen LogP contribution in [-0.4, -0.2) is 69.4 Å². The molecule has 0 aliphatic heterocycles. The van der Waals surface area contributed by atoms with Gasteiger partial charge in [0.25, 0.3) is 7.82 Å². The Morgan fingerprint density at radius 3 is 1.02 bits per heavy atom. The number of rotatable bonds is 71. The summed E-state index contributed by atoms with van der Waals surface area (Å²) in [6.45, 7) is 6.83. The van der Waals surface area contributed by atoms with Crippen LogP contribution in [0.5, 0.6) is 0 Å². The molecule has 3 atom stereocenters. The van der Waals surface area contributed by atoms with Crippen LogP contribution in [-0.2, 0) is 27.9 Å². The molecule has 0 aliphatic carbocycles. The summed E-state index contributed by atoms with van der Waals surface area (Å²) < 4.78 is 30.5. The molecule has 530 valence electrons. The van der Waals surface area contributed by atoms with E-state index in [0.29, 0.717) is 17.4 Å². The van der Waals surface area contributed by atoms with Gasteiger partial charge in [0.1, 0.15) is 19.3 Å². The summed E-state index contributed by atoms with van der Waals surface area (Å²) in [4.78, 5) is 40.3. The van der Waals surface area contributed by atoms with E-state index in [1.165, 1.54) is 250 Å². The lowest BCUT2D eigenvalue weighted by molar-refractivity contribution is -0.870. The maximum Gasteiger partial charge on any atom is 0.306 e. The Kier molecular flexibility index (Phi) is 67.8. The van der Waals surface area contributed by atoms with Gasteiger partial charge in [-0.3, -0.25) is 14.2 Å². The molecule has 3 unspecified atom stereocenters. The van der Waals surface area contributed by atoms with Crippen LogP contribution in [0.25, 0.3) is 0 Å². The van der Waals surface area contributed by atoms with E-state index in [1.807, 2.05) is 33.3 Å². The van der Waals surface area contributed by atoms with Crippen molar-refractivity contribution in [1.82, 2.24) is 5.32 Å². The predicted octanol–water partition coefficient (Wildman–Crippen LogP) is 24.6. The molecule has 0 saturated heterocycles. The number of hydrogen-bond donors (Lipinski definition) is 1. The Bertz CT molecular complexity index is 1830. The average molecular weight is 1290 g/mol. The zero-order chi connectivity index (χ0) is 66.3. The molecular formula is C81H149N2O7P. The number of amides is 1. The molecule has 0 heterocycles. The highest BCUT2D eigenvalue weighted by molar-refractivity contribution is 7.45. The molecule has 0 bridgehead atoms. The zero-order valence-electron chi connectivity index (χ0n) is 60.8. The Hall–Kier alpha value is -2.81. The third kappa shape index (κ3) is 71.3. The molecule has 0 radical (unpaired) electrons. The lowest BCUT2D eigenvalue weighted by Gasteiger charge is -2.30. The molecule has 91 heavy (non-hydrogen) atoms. The molecule has 0 fully saturated rings. The lowest BCUT2D eigenvalue weighted by Crippen LogP contribution is -2.47. The van der Waals surface area contributed by atoms with Gasteiger partial charge in [-0.25, -0.2) is 0 Å². The van der Waals surface area contributed by atoms with Gasteiger partial charge in [-0.2, -0.15) is 0 Å². The number of hydrogen-bond acceptors (Lipinski definition) is 7. The zero-order valence-corrected chi connectivity index (χ0v) is 61.7. The second-order valence-corrected chi connectivity index (χ2v) is 28.9. The topological polar surface area (TPSA) is 114 Å². The SMILES string of the molecule is CCCCC/C=C\C/C=C\C/C=C\C/C=C\CCCCCCCCCCCCCC(=O)OC(/C=C/CCCCCCCCCCC)C(COP(=O)([O-])OCC[N+](C)(C)C)NC(=O)CCCCCCCCCCCCCCCCCCC/C=C\C/C=C\CCCCC. The second kappa shape index (κ2) is 70.0. The molecular weight excluding hydrogens is 1140 g/mol. The number of quaternary nitrogens is 1. The van der Waals surface area contributed by atoms with Crippen molar-refractivity contribution in [1.29, 1.82) is 0 Å². The third-order valence-electron chi connectivity index (χ3n) is 17.3. The molecule has 0 aromatic rings. The molecule has 0 saturated carbocycles. The van der Waals surface area contributed by atoms with Crippen LogP contribution >= 0.6 is 7.82 Å². The smallest absolute Gasteiger partial charge is 0.306 e. The van der Waals surface area contributed by atoms with Gasteiger partial charge in [0, 0.05) is 12.8 Å². The van der Waals surface area contributed by atoms with E-state index in [0.717, 1.165) is 83.5 Å². The highest BCUT2D eigenvalue weighted by Gasteiger charge is 2.27. The minimum absolute atomic E-state index is 0.0238. The standard InChI is InChI=1S/C81H149N2O7P/c1-7-10-13-16-19-22-25-27-29-31-33-35-37-39-41-43-45-47-49-51-53-55-58-61-64-67-70-73-80(84)82-78(77-89-91(86,87)88-76-75-83(4,5)6)79(72-69-66-63-60-57-24-21-18-15-12-9-3)90-81(85)74-71-68-65-62-59-56-54-52-50-48-46-44-42-40-38-36-34-32-30-28-26-23-20-17-14-11-8-2/h19-20,22-23,27-30,34,36,40,42,69,72,78-79H,7-18,21,24-26,31-33,35,37-39,41,43-68,70-71,73-77H2,1-6H3,(H-,82,84,86,87)/b22-19-,23-20-,29-27-,30-28-,36-34-,42-40-,72-69+. The normalized spacial score (nSPS) is 13.9. The van der Waals surface area contributed by atoms with Crippen molar-refractivity contribution in [3.05, 3.63) is 85.1 Å². The van der Waals surface area contributed by atoms with Crippen LogP contribution < -0.4 is 10.2 Å². The van der Waals surface area contributed by atoms with Crippen LogP contribution in [0.3, 0.4) is 0 Å². The highest BCUT2D eigenvalue weighted by Crippen LogP contribution is 2.38. The number of carbonyl (C=O) groups is 2. The molecule has 10 heteroatoms. The van der Waals surface area contributed by atoms with Crippen LogP contribution in [0, 0.1) is 0 Å². The number of allylic oxidation sites excluding steroid dienone is 13. The van der Waals surface area contributed by atoms with Crippen LogP contribution in [0.4, 0.5) is 0 Å². The molecule has 0 aromatic heterocycles. The monoisotopic (exact) mass is 1290 g/mol. The Balaban J connectivity index is 4.90. The van der Waals surface area contributed by atoms with E-state index in [1.54, 1.807) is 0 Å². The van der Waals surface area contributed by atoms with Crippen molar-refractivity contribution in [2.75, 3.05) is 40.9 Å². The van der Waals surface area contributed by atoms with Crippen LogP contribution in [0.15, 0.2) is 85.1 Å². The first kappa shape index (κ1) is 88.2. The summed E-state index contributed by atoms with van der Waals surface area (Å²) >= 11 is 0. The van der Waals surface area contributed by atoms with E-state index in [-0.39, 0.29) is 31.5 Å². The number of ether oxygens (including phenoxy) is 1. The van der Waals surface area contributed by atoms with Gasteiger partial charge in [0.15, 0.2) is 0 Å². The minimum atomic E-state index is -4.71. The van der Waals surface area contributed by atoms with Crippen LogP contribution in [0.2, 0.25) is 0 Å². The molecule has 0 spiro atoms. The van der Waals surface area contributed by atoms with E-state index in [4.69, 9.17) is 13.8 Å². The van der Waals surface area contributed by atoms with Gasteiger partial charge >= 0.3 is 5.97 Å². The maximum absolute atomic E-state index is 13.6. The number of nitrogens with zero attached hydrogens (tertiary/aromatic N) is 1. The van der Waals surface area contributed by atoms with Crippen molar-refractivity contribution in [2.24, 2.45) is 0 Å². The van der Waals surface area contributed by atoms with Crippen molar-refractivity contribution in [2.45, 2.75) is 380 Å². The van der Waals surface area contributed by atoms with Gasteiger partial charge in [0.05, 0.1) is 33.8 Å². The fraction of sp³-hybridized carbons (Fsp3) is 0.802. The van der Waals surface area contributed by atoms with Crippen molar-refractivity contribution in [3.8, 4) is 0 Å². The molecule has 1 amide bonds. The number of phosphoric ester groups is 1. The Morgan fingerprint density at radius 2 is 0.670 bits per heavy atom. The van der Waals surface area contributed by atoms with E-state index in [9.17, 15) is 19.0 Å². The van der Waals surface area contributed by atoms with Crippen molar-refractivity contribution in [3.63, 3.8) is 0 Å². The number of phosphoric acid groups is 1. The summed E-state index contributed by atoms with van der Waals surface area (Å²) in [7, 11) is 1.19. The first-order valence-electron chi connectivity index (χ1n) is 38.9.